The monoisotopic (exact) mass is 378 g/mol. The Bertz CT molecular complexity index is 861. The topological polar surface area (TPSA) is 49.9 Å². The third-order valence-electron chi connectivity index (χ3n) is 4.69. The summed E-state index contributed by atoms with van der Waals surface area (Å²) in [7, 11) is -2.38. The van der Waals surface area contributed by atoms with Crippen LogP contribution in [-0.2, 0) is 16.4 Å². The molecular formula is C19H23FN2O3S. The van der Waals surface area contributed by atoms with E-state index in [9.17, 15) is 12.8 Å². The molecule has 0 radical (unpaired) electrons. The van der Waals surface area contributed by atoms with Gasteiger partial charge in [0.25, 0.3) is 0 Å². The number of aryl methyl sites for hydroxylation is 1. The molecule has 0 spiro atoms. The highest BCUT2D eigenvalue weighted by Crippen LogP contribution is 2.28. The maximum atomic E-state index is 13.4. The number of hydrogen-bond donors (Lipinski definition) is 0. The lowest BCUT2D eigenvalue weighted by molar-refractivity contribution is 0.373. The Kier molecular flexibility index (Phi) is 5.48. The van der Waals surface area contributed by atoms with E-state index in [1.807, 2.05) is 0 Å². The Hall–Kier alpha value is -2.12. The molecule has 0 bridgehead atoms. The molecule has 2 aromatic rings. The maximum absolute atomic E-state index is 13.4. The normalized spacial score (nSPS) is 15.9. The number of piperazine rings is 1. The lowest BCUT2D eigenvalue weighted by Gasteiger charge is -2.35. The highest BCUT2D eigenvalue weighted by Gasteiger charge is 2.31. The molecule has 2 aromatic carbocycles. The summed E-state index contributed by atoms with van der Waals surface area (Å²) >= 11 is 0. The average molecular weight is 378 g/mol. The number of hydrogen-bond acceptors (Lipinski definition) is 4. The zero-order valence-corrected chi connectivity index (χ0v) is 15.8. The first-order chi connectivity index (χ1) is 12.5. The van der Waals surface area contributed by atoms with E-state index >= 15 is 0 Å². The first-order valence-electron chi connectivity index (χ1n) is 8.63. The second-order valence-electron chi connectivity index (χ2n) is 6.21. The second-order valence-corrected chi connectivity index (χ2v) is 8.11. The van der Waals surface area contributed by atoms with E-state index in [4.69, 9.17) is 4.74 Å². The fourth-order valence-electron chi connectivity index (χ4n) is 3.12. The molecule has 7 heteroatoms. The van der Waals surface area contributed by atoms with E-state index in [0.717, 1.165) is 24.2 Å². The van der Waals surface area contributed by atoms with Crippen molar-refractivity contribution in [2.45, 2.75) is 18.2 Å². The minimum atomic E-state index is -3.72. The first kappa shape index (κ1) is 18.7. The summed E-state index contributed by atoms with van der Waals surface area (Å²) in [5.41, 5.74) is 2.37. The van der Waals surface area contributed by atoms with Crippen molar-refractivity contribution >= 4 is 15.7 Å². The summed E-state index contributed by atoms with van der Waals surface area (Å²) in [6, 6.07) is 11.8. The Morgan fingerprint density at radius 3 is 2.27 bits per heavy atom. The molecule has 0 unspecified atom stereocenters. The number of nitrogens with zero attached hydrogens (tertiary/aromatic N) is 2. The third kappa shape index (κ3) is 3.68. The van der Waals surface area contributed by atoms with Crippen LogP contribution in [0.2, 0.25) is 0 Å². The lowest BCUT2D eigenvalue weighted by atomic mass is 10.1. The molecule has 1 heterocycles. The van der Waals surface area contributed by atoms with Gasteiger partial charge in [0.1, 0.15) is 16.5 Å². The summed E-state index contributed by atoms with van der Waals surface area (Å²) in [4.78, 5) is 2.18. The van der Waals surface area contributed by atoms with Crippen LogP contribution in [0.25, 0.3) is 0 Å². The van der Waals surface area contributed by atoms with E-state index < -0.39 is 15.8 Å². The van der Waals surface area contributed by atoms with Crippen LogP contribution in [0.1, 0.15) is 12.5 Å². The van der Waals surface area contributed by atoms with Gasteiger partial charge >= 0.3 is 0 Å². The van der Waals surface area contributed by atoms with Gasteiger partial charge in [-0.25, -0.2) is 12.8 Å². The van der Waals surface area contributed by atoms with Gasteiger partial charge in [0.2, 0.25) is 10.0 Å². The Morgan fingerprint density at radius 2 is 1.69 bits per heavy atom. The molecule has 140 valence electrons. The van der Waals surface area contributed by atoms with E-state index in [-0.39, 0.29) is 10.6 Å². The molecule has 26 heavy (non-hydrogen) atoms. The molecule has 1 aliphatic heterocycles. The standard InChI is InChI=1S/C19H23FN2O3S/c1-3-15-4-7-17(8-5-15)21-10-12-22(13-11-21)26(23,24)19-9-6-16(20)14-18(19)25-2/h4-9,14H,3,10-13H2,1-2H3. The fraction of sp³-hybridized carbons (Fsp3) is 0.368. The SMILES string of the molecule is CCc1ccc(N2CCN(S(=O)(=O)c3ccc(F)cc3OC)CC2)cc1. The quantitative estimate of drug-likeness (QED) is 0.803. The van der Waals surface area contributed by atoms with E-state index in [2.05, 4.69) is 36.1 Å². The van der Waals surface area contributed by atoms with Crippen LogP contribution in [-0.4, -0.2) is 46.0 Å². The largest absolute Gasteiger partial charge is 0.495 e. The molecule has 0 saturated carbocycles. The molecule has 0 amide bonds. The highest BCUT2D eigenvalue weighted by atomic mass is 32.2. The van der Waals surface area contributed by atoms with E-state index in [1.165, 1.54) is 23.0 Å². The summed E-state index contributed by atoms with van der Waals surface area (Å²) in [6.45, 7) is 4.07. The number of methoxy groups -OCH3 is 1. The zero-order valence-electron chi connectivity index (χ0n) is 15.0. The first-order valence-corrected chi connectivity index (χ1v) is 10.1. The maximum Gasteiger partial charge on any atom is 0.246 e. The molecule has 0 aromatic heterocycles. The van der Waals surface area contributed by atoms with Gasteiger partial charge in [-0.1, -0.05) is 19.1 Å². The summed E-state index contributed by atoms with van der Waals surface area (Å²) in [5.74, 6) is -0.497. The smallest absolute Gasteiger partial charge is 0.246 e. The predicted octanol–water partition coefficient (Wildman–Crippen LogP) is 2.91. The third-order valence-corrected chi connectivity index (χ3v) is 6.63. The van der Waals surface area contributed by atoms with Gasteiger partial charge < -0.3 is 9.64 Å². The molecule has 0 N–H and O–H groups in total. The predicted molar refractivity (Wildman–Crippen MR) is 99.7 cm³/mol. The van der Waals surface area contributed by atoms with Crippen LogP contribution < -0.4 is 9.64 Å². The molecule has 0 atom stereocenters. The summed E-state index contributed by atoms with van der Waals surface area (Å²) in [5, 5.41) is 0. The number of anilines is 1. The number of sulfonamides is 1. The Morgan fingerprint density at radius 1 is 1.04 bits per heavy atom. The van der Waals surface area contributed by atoms with Crippen molar-refractivity contribution in [1.29, 1.82) is 0 Å². The van der Waals surface area contributed by atoms with Crippen molar-refractivity contribution in [3.8, 4) is 5.75 Å². The molecule has 0 aliphatic carbocycles. The molecule has 5 nitrogen and oxygen atoms in total. The van der Waals surface area contributed by atoms with Gasteiger partial charge in [-0.3, -0.25) is 0 Å². The Labute approximate surface area is 154 Å². The zero-order chi connectivity index (χ0) is 18.7. The van der Waals surface area contributed by atoms with E-state index in [0.29, 0.717) is 26.2 Å². The van der Waals surface area contributed by atoms with Crippen molar-refractivity contribution in [3.05, 3.63) is 53.8 Å². The second kappa shape index (κ2) is 7.63. The van der Waals surface area contributed by atoms with Gasteiger partial charge in [-0.2, -0.15) is 4.31 Å². The van der Waals surface area contributed by atoms with Gasteiger partial charge in [0, 0.05) is 37.9 Å². The van der Waals surface area contributed by atoms with Crippen LogP contribution in [0.4, 0.5) is 10.1 Å². The number of benzene rings is 2. The minimum Gasteiger partial charge on any atom is -0.495 e. The van der Waals surface area contributed by atoms with Gasteiger partial charge in [-0.15, -0.1) is 0 Å². The lowest BCUT2D eigenvalue weighted by Crippen LogP contribution is -2.48. The van der Waals surface area contributed by atoms with Crippen molar-refractivity contribution < 1.29 is 17.5 Å². The van der Waals surface area contributed by atoms with Crippen LogP contribution in [0.3, 0.4) is 0 Å². The van der Waals surface area contributed by atoms with Crippen molar-refractivity contribution in [1.82, 2.24) is 4.31 Å². The number of rotatable bonds is 5. The van der Waals surface area contributed by atoms with Crippen molar-refractivity contribution in [2.24, 2.45) is 0 Å². The fourth-order valence-corrected chi connectivity index (χ4v) is 4.68. The molecule has 1 fully saturated rings. The van der Waals surface area contributed by atoms with Crippen LogP contribution in [0, 0.1) is 5.82 Å². The van der Waals surface area contributed by atoms with Crippen LogP contribution in [0.15, 0.2) is 47.4 Å². The summed E-state index contributed by atoms with van der Waals surface area (Å²) < 4.78 is 45.7. The van der Waals surface area contributed by atoms with Crippen molar-refractivity contribution in [2.75, 3.05) is 38.2 Å². The molecule has 1 aliphatic rings. The highest BCUT2D eigenvalue weighted by molar-refractivity contribution is 7.89. The number of ether oxygens (including phenoxy) is 1. The molecular weight excluding hydrogens is 355 g/mol. The minimum absolute atomic E-state index is 0.00199. The van der Waals surface area contributed by atoms with Gasteiger partial charge in [0.15, 0.2) is 0 Å². The van der Waals surface area contributed by atoms with Crippen LogP contribution in [0.5, 0.6) is 5.75 Å². The number of halogens is 1. The van der Waals surface area contributed by atoms with Gasteiger partial charge in [-0.05, 0) is 36.2 Å². The average Bonchev–Trinajstić information content (AvgIpc) is 2.68. The molecule has 1 saturated heterocycles. The molecule has 3 rings (SSSR count). The van der Waals surface area contributed by atoms with Crippen molar-refractivity contribution in [3.63, 3.8) is 0 Å². The van der Waals surface area contributed by atoms with E-state index in [1.54, 1.807) is 0 Å². The van der Waals surface area contributed by atoms with Crippen LogP contribution >= 0.6 is 0 Å². The van der Waals surface area contributed by atoms with Gasteiger partial charge in [0.05, 0.1) is 7.11 Å². The summed E-state index contributed by atoms with van der Waals surface area (Å²) in [6.07, 6.45) is 0.992. The Balaban J connectivity index is 1.74.